The van der Waals surface area contributed by atoms with Crippen molar-refractivity contribution in [1.82, 2.24) is 0 Å². The van der Waals surface area contributed by atoms with E-state index in [1.165, 1.54) is 19.2 Å². The van der Waals surface area contributed by atoms with Crippen LogP contribution in [-0.4, -0.2) is 14.1 Å². The minimum absolute atomic E-state index is 0. The zero-order valence-electron chi connectivity index (χ0n) is 9.93. The molecular weight excluding hydrogens is 243 g/mol. The molecule has 0 aliphatic carbocycles. The van der Waals surface area contributed by atoms with E-state index < -0.39 is 18.0 Å². The Hall–Kier alpha value is 0.671. The summed E-state index contributed by atoms with van der Waals surface area (Å²) in [5.74, 6) is 0. The first-order valence-corrected chi connectivity index (χ1v) is 4.63. The summed E-state index contributed by atoms with van der Waals surface area (Å²) in [6.07, 6.45) is 0. The summed E-state index contributed by atoms with van der Waals surface area (Å²) in [6, 6.07) is 5.09. The van der Waals surface area contributed by atoms with E-state index in [9.17, 15) is 12.9 Å². The molecule has 1 aromatic rings. The molecule has 0 saturated carbocycles. The minimum Gasteiger partial charge on any atom is -0.445 e. The van der Waals surface area contributed by atoms with Gasteiger partial charge in [-0.1, -0.05) is 24.3 Å². The van der Waals surface area contributed by atoms with Gasteiger partial charge in [0.2, 0.25) is 0 Å². The monoisotopic (exact) mass is 256 g/mol. The predicted molar refractivity (Wildman–Crippen MR) is 55.2 cm³/mol. The third kappa shape index (κ3) is 4.16. The van der Waals surface area contributed by atoms with E-state index in [1.807, 2.05) is 0 Å². The van der Waals surface area contributed by atoms with Crippen molar-refractivity contribution in [2.45, 2.75) is 19.4 Å². The summed E-state index contributed by atoms with van der Waals surface area (Å²) >= 11 is 0. The van der Waals surface area contributed by atoms with Crippen molar-refractivity contribution in [3.8, 4) is 0 Å². The summed E-state index contributed by atoms with van der Waals surface area (Å²) in [5, 5.41) is 0. The van der Waals surface area contributed by atoms with Crippen molar-refractivity contribution < 1.29 is 69.1 Å². The average molecular weight is 256 g/mol. The molecule has 0 atom stereocenters. The molecule has 1 aromatic carbocycles. The van der Waals surface area contributed by atoms with E-state index in [-0.39, 0.29) is 51.4 Å². The molecule has 0 aliphatic heterocycles. The molecule has 1 nitrogen and oxygen atoms in total. The standard InChI is InChI=1S/C10H13BF3O.K/c1-10(2,15-3)8-4-6-9(7-5-8)11(12,13)14;/h4-7H,1-3H3;/q-1;+1. The SMILES string of the molecule is COC(C)(C)c1ccc([B-](F)(F)F)cc1.[K+]. The Kier molecular flexibility index (Phi) is 6.27. The molecular formula is C10H13BF3KO. The molecule has 0 unspecified atom stereocenters. The minimum atomic E-state index is -4.90. The zero-order valence-corrected chi connectivity index (χ0v) is 13.1. The van der Waals surface area contributed by atoms with Crippen LogP contribution in [0.5, 0.6) is 0 Å². The zero-order chi connectivity index (χ0) is 11.7. The maximum atomic E-state index is 12.3. The average Bonchev–Trinajstić information content (AvgIpc) is 2.17. The quantitative estimate of drug-likeness (QED) is 0.670. The van der Waals surface area contributed by atoms with Gasteiger partial charge in [-0.05, 0) is 19.4 Å². The van der Waals surface area contributed by atoms with E-state index in [0.29, 0.717) is 0 Å². The molecule has 0 saturated heterocycles. The van der Waals surface area contributed by atoms with E-state index in [1.54, 1.807) is 13.8 Å². The number of benzene rings is 1. The number of rotatable bonds is 3. The second-order valence-corrected chi connectivity index (χ2v) is 3.91. The normalized spacial score (nSPS) is 12.1. The van der Waals surface area contributed by atoms with Crippen LogP contribution in [0.1, 0.15) is 19.4 Å². The van der Waals surface area contributed by atoms with E-state index in [0.717, 1.165) is 17.7 Å². The molecule has 0 amide bonds. The summed E-state index contributed by atoms with van der Waals surface area (Å²) in [5.41, 5.74) is -0.406. The van der Waals surface area contributed by atoms with Crippen LogP contribution in [0.15, 0.2) is 24.3 Å². The summed E-state index contributed by atoms with van der Waals surface area (Å²) in [6.45, 7) is -1.29. The molecule has 0 radical (unpaired) electrons. The number of hydrogen-bond acceptors (Lipinski definition) is 1. The molecule has 0 aromatic heterocycles. The van der Waals surface area contributed by atoms with Gasteiger partial charge in [-0.15, -0.1) is 5.46 Å². The summed E-state index contributed by atoms with van der Waals surface area (Å²) < 4.78 is 42.2. The Morgan fingerprint density at radius 1 is 1.06 bits per heavy atom. The van der Waals surface area contributed by atoms with Gasteiger partial charge in [-0.3, -0.25) is 0 Å². The van der Waals surface area contributed by atoms with Gasteiger partial charge < -0.3 is 17.7 Å². The second-order valence-electron chi connectivity index (χ2n) is 3.91. The van der Waals surface area contributed by atoms with Crippen LogP contribution < -0.4 is 56.8 Å². The Bertz CT molecular complexity index is 335. The summed E-state index contributed by atoms with van der Waals surface area (Å²) in [7, 11) is 1.53. The predicted octanol–water partition coefficient (Wildman–Crippen LogP) is -0.373. The van der Waals surface area contributed by atoms with Crippen molar-refractivity contribution in [3.05, 3.63) is 29.8 Å². The van der Waals surface area contributed by atoms with Gasteiger partial charge in [0.05, 0.1) is 5.60 Å². The number of ether oxygens (including phenoxy) is 1. The molecule has 0 bridgehead atoms. The van der Waals surface area contributed by atoms with Crippen molar-refractivity contribution >= 4 is 12.4 Å². The topological polar surface area (TPSA) is 9.23 Å². The molecule has 84 valence electrons. The summed E-state index contributed by atoms with van der Waals surface area (Å²) in [4.78, 5) is 0. The van der Waals surface area contributed by atoms with Crippen molar-refractivity contribution in [2.75, 3.05) is 7.11 Å². The van der Waals surface area contributed by atoms with Gasteiger partial charge in [0.15, 0.2) is 0 Å². The first-order valence-electron chi connectivity index (χ1n) is 4.63. The number of halogens is 3. The molecule has 0 aliphatic rings. The fraction of sp³-hybridized carbons (Fsp3) is 0.400. The first-order chi connectivity index (χ1) is 6.77. The van der Waals surface area contributed by atoms with Crippen molar-refractivity contribution in [2.24, 2.45) is 0 Å². The van der Waals surface area contributed by atoms with Crippen LogP contribution in [0, 0.1) is 0 Å². The Morgan fingerprint density at radius 2 is 1.50 bits per heavy atom. The third-order valence-corrected chi connectivity index (χ3v) is 2.49. The maximum absolute atomic E-state index is 12.3. The fourth-order valence-electron chi connectivity index (χ4n) is 1.22. The van der Waals surface area contributed by atoms with E-state index in [4.69, 9.17) is 4.74 Å². The van der Waals surface area contributed by atoms with E-state index >= 15 is 0 Å². The van der Waals surface area contributed by atoms with Crippen molar-refractivity contribution in [3.63, 3.8) is 0 Å². The Balaban J connectivity index is 0.00000225. The fourth-order valence-corrected chi connectivity index (χ4v) is 1.22. The first kappa shape index (κ1) is 16.7. The molecule has 0 heterocycles. The van der Waals surface area contributed by atoms with Gasteiger partial charge in [0.1, 0.15) is 0 Å². The van der Waals surface area contributed by atoms with Crippen LogP contribution in [0.3, 0.4) is 0 Å². The molecule has 0 N–H and O–H groups in total. The van der Waals surface area contributed by atoms with Crippen LogP contribution in [0.2, 0.25) is 0 Å². The third-order valence-electron chi connectivity index (χ3n) is 2.49. The van der Waals surface area contributed by atoms with Gasteiger partial charge in [-0.25, -0.2) is 0 Å². The second kappa shape index (κ2) is 6.02. The smallest absolute Gasteiger partial charge is 0.445 e. The Labute approximate surface area is 136 Å². The Morgan fingerprint density at radius 3 is 1.81 bits per heavy atom. The van der Waals surface area contributed by atoms with Crippen LogP contribution >= 0.6 is 0 Å². The van der Waals surface area contributed by atoms with Crippen LogP contribution in [0.25, 0.3) is 0 Å². The van der Waals surface area contributed by atoms with Gasteiger partial charge in [0.25, 0.3) is 0 Å². The van der Waals surface area contributed by atoms with Crippen molar-refractivity contribution in [1.29, 1.82) is 0 Å². The molecule has 0 spiro atoms. The van der Waals surface area contributed by atoms with E-state index in [2.05, 4.69) is 0 Å². The number of hydrogen-bond donors (Lipinski definition) is 0. The van der Waals surface area contributed by atoms with Crippen LogP contribution in [0.4, 0.5) is 12.9 Å². The molecule has 0 fully saturated rings. The molecule has 6 heteroatoms. The van der Waals surface area contributed by atoms with Crippen LogP contribution in [-0.2, 0) is 10.3 Å². The largest absolute Gasteiger partial charge is 1.00 e. The molecule has 16 heavy (non-hydrogen) atoms. The van der Waals surface area contributed by atoms with Gasteiger partial charge in [0, 0.05) is 7.11 Å². The van der Waals surface area contributed by atoms with Gasteiger partial charge >= 0.3 is 58.4 Å². The van der Waals surface area contributed by atoms with Gasteiger partial charge in [-0.2, -0.15) is 0 Å². The maximum Gasteiger partial charge on any atom is 1.00 e. The molecule has 1 rings (SSSR count). The number of methoxy groups -OCH3 is 1.